The maximum Gasteiger partial charge on any atom is 0.329 e. The van der Waals surface area contributed by atoms with Gasteiger partial charge in [-0.3, -0.25) is 9.59 Å². The molecule has 2 aromatic carbocycles. The van der Waals surface area contributed by atoms with Crippen molar-refractivity contribution < 1.29 is 9.59 Å². The quantitative estimate of drug-likeness (QED) is 0.491. The zero-order valence-corrected chi connectivity index (χ0v) is 13.8. The number of benzene rings is 2. The minimum Gasteiger partial charge on any atom is -0.316 e. The first-order chi connectivity index (χ1) is 11.0. The fraction of sp³-hybridized carbons (Fsp3) is 0. The Kier molecular flexibility index (Phi) is 5.98. The molecule has 0 saturated heterocycles. The molecule has 2 aromatic rings. The Morgan fingerprint density at radius 2 is 1.65 bits per heavy atom. The highest BCUT2D eigenvalue weighted by atomic mass is 35.5. The van der Waals surface area contributed by atoms with Gasteiger partial charge in [0.1, 0.15) is 0 Å². The minimum atomic E-state index is -0.939. The molecule has 0 heterocycles. The van der Waals surface area contributed by atoms with E-state index in [1.807, 2.05) is 0 Å². The maximum absolute atomic E-state index is 11.7. The van der Waals surface area contributed by atoms with E-state index < -0.39 is 11.8 Å². The summed E-state index contributed by atoms with van der Waals surface area (Å²) in [5.74, 6) is -1.85. The van der Waals surface area contributed by atoms with Crippen LogP contribution in [0, 0.1) is 0 Å². The molecule has 0 fully saturated rings. The fourth-order valence-corrected chi connectivity index (χ4v) is 2.02. The highest BCUT2D eigenvalue weighted by molar-refractivity contribution is 6.45. The third-order valence-electron chi connectivity index (χ3n) is 2.66. The SMILES string of the molecule is O=C(NN=Cc1ccc(Cl)cc1)C(=O)Nc1cccc(Cl)c1Cl. The van der Waals surface area contributed by atoms with Crippen molar-refractivity contribution in [3.63, 3.8) is 0 Å². The van der Waals surface area contributed by atoms with Crippen molar-refractivity contribution in [2.75, 3.05) is 5.32 Å². The minimum absolute atomic E-state index is 0.153. The number of rotatable bonds is 3. The third-order valence-corrected chi connectivity index (χ3v) is 3.73. The summed E-state index contributed by atoms with van der Waals surface area (Å²) in [5.41, 5.74) is 3.06. The first kappa shape index (κ1) is 17.3. The van der Waals surface area contributed by atoms with Crippen LogP contribution in [0.1, 0.15) is 5.56 Å². The van der Waals surface area contributed by atoms with E-state index >= 15 is 0 Å². The normalized spacial score (nSPS) is 10.6. The molecular formula is C15H10Cl3N3O2. The molecule has 2 N–H and O–H groups in total. The number of anilines is 1. The molecule has 2 rings (SSSR count). The van der Waals surface area contributed by atoms with Crippen LogP contribution in [0.25, 0.3) is 0 Å². The van der Waals surface area contributed by atoms with Crippen LogP contribution in [0.2, 0.25) is 15.1 Å². The monoisotopic (exact) mass is 369 g/mol. The predicted molar refractivity (Wildman–Crippen MR) is 92.3 cm³/mol. The van der Waals surface area contributed by atoms with E-state index in [0.29, 0.717) is 10.6 Å². The third kappa shape index (κ3) is 4.96. The summed E-state index contributed by atoms with van der Waals surface area (Å²) in [6, 6.07) is 11.5. The summed E-state index contributed by atoms with van der Waals surface area (Å²) in [5, 5.41) is 7.04. The molecule has 5 nitrogen and oxygen atoms in total. The Labute approximate surface area is 147 Å². The smallest absolute Gasteiger partial charge is 0.316 e. The van der Waals surface area contributed by atoms with Crippen molar-refractivity contribution in [3.8, 4) is 0 Å². The maximum atomic E-state index is 11.7. The Balaban J connectivity index is 1.94. The summed E-state index contributed by atoms with van der Waals surface area (Å²) in [6.07, 6.45) is 1.38. The summed E-state index contributed by atoms with van der Waals surface area (Å²) in [6.45, 7) is 0. The number of halogens is 3. The van der Waals surface area contributed by atoms with Crippen LogP contribution in [-0.4, -0.2) is 18.0 Å². The molecule has 0 unspecified atom stereocenters. The summed E-state index contributed by atoms with van der Waals surface area (Å²) >= 11 is 17.5. The van der Waals surface area contributed by atoms with Crippen molar-refractivity contribution in [3.05, 3.63) is 63.1 Å². The lowest BCUT2D eigenvalue weighted by Crippen LogP contribution is -2.32. The van der Waals surface area contributed by atoms with Crippen LogP contribution in [0.3, 0.4) is 0 Å². The second-order valence-electron chi connectivity index (χ2n) is 4.31. The number of carbonyl (C=O) groups is 2. The van der Waals surface area contributed by atoms with Crippen LogP contribution in [-0.2, 0) is 9.59 Å². The van der Waals surface area contributed by atoms with Crippen molar-refractivity contribution in [1.82, 2.24) is 5.43 Å². The van der Waals surface area contributed by atoms with E-state index in [2.05, 4.69) is 15.8 Å². The van der Waals surface area contributed by atoms with E-state index in [1.54, 1.807) is 36.4 Å². The average molecular weight is 371 g/mol. The van der Waals surface area contributed by atoms with E-state index in [-0.39, 0.29) is 15.7 Å². The lowest BCUT2D eigenvalue weighted by Gasteiger charge is -2.06. The number of hydrogen-bond donors (Lipinski definition) is 2. The molecule has 0 saturated carbocycles. The Bertz CT molecular complexity index is 761. The van der Waals surface area contributed by atoms with Crippen molar-refractivity contribution in [2.24, 2.45) is 5.10 Å². The number of carbonyl (C=O) groups excluding carboxylic acids is 2. The Hall–Kier alpha value is -2.08. The second-order valence-corrected chi connectivity index (χ2v) is 5.53. The molecule has 0 atom stereocenters. The van der Waals surface area contributed by atoms with Gasteiger partial charge in [0.15, 0.2) is 0 Å². The first-order valence-corrected chi connectivity index (χ1v) is 7.44. The molecular weight excluding hydrogens is 361 g/mol. The number of hydrazone groups is 1. The van der Waals surface area contributed by atoms with Crippen LogP contribution < -0.4 is 10.7 Å². The first-order valence-electron chi connectivity index (χ1n) is 6.31. The van der Waals surface area contributed by atoms with Gasteiger partial charge in [0.05, 0.1) is 21.9 Å². The Morgan fingerprint density at radius 3 is 2.35 bits per heavy atom. The highest BCUT2D eigenvalue weighted by Crippen LogP contribution is 2.29. The molecule has 0 spiro atoms. The number of nitrogens with zero attached hydrogens (tertiary/aromatic N) is 1. The molecule has 118 valence electrons. The van der Waals surface area contributed by atoms with Crippen molar-refractivity contribution in [1.29, 1.82) is 0 Å². The zero-order chi connectivity index (χ0) is 16.8. The van der Waals surface area contributed by atoms with Gasteiger partial charge in [-0.15, -0.1) is 0 Å². The molecule has 0 aliphatic rings. The van der Waals surface area contributed by atoms with Gasteiger partial charge in [-0.1, -0.05) is 53.0 Å². The number of amides is 2. The molecule has 0 aliphatic carbocycles. The molecule has 0 radical (unpaired) electrons. The van der Waals surface area contributed by atoms with Crippen LogP contribution in [0.4, 0.5) is 5.69 Å². The highest BCUT2D eigenvalue weighted by Gasteiger charge is 2.15. The van der Waals surface area contributed by atoms with Crippen LogP contribution >= 0.6 is 34.8 Å². The lowest BCUT2D eigenvalue weighted by molar-refractivity contribution is -0.136. The second kappa shape index (κ2) is 7.97. The van der Waals surface area contributed by atoms with Gasteiger partial charge in [0.2, 0.25) is 0 Å². The van der Waals surface area contributed by atoms with Gasteiger partial charge < -0.3 is 5.32 Å². The van der Waals surface area contributed by atoms with Crippen LogP contribution in [0.15, 0.2) is 47.6 Å². The molecule has 0 bridgehead atoms. The van der Waals surface area contributed by atoms with Gasteiger partial charge in [0, 0.05) is 5.02 Å². The van der Waals surface area contributed by atoms with Gasteiger partial charge in [0.25, 0.3) is 0 Å². The predicted octanol–water partition coefficient (Wildman–Crippen LogP) is 3.74. The standard InChI is InChI=1S/C15H10Cl3N3O2/c16-10-6-4-9(5-7-10)8-19-21-15(23)14(22)20-12-3-1-2-11(17)13(12)18/h1-8H,(H,20,22)(H,21,23). The lowest BCUT2D eigenvalue weighted by atomic mass is 10.2. The van der Waals surface area contributed by atoms with Gasteiger partial charge >= 0.3 is 11.8 Å². The van der Waals surface area contributed by atoms with Gasteiger partial charge in [-0.25, -0.2) is 5.43 Å². The largest absolute Gasteiger partial charge is 0.329 e. The van der Waals surface area contributed by atoms with E-state index in [9.17, 15) is 9.59 Å². The van der Waals surface area contributed by atoms with Crippen molar-refractivity contribution in [2.45, 2.75) is 0 Å². The topological polar surface area (TPSA) is 70.6 Å². The molecule has 8 heteroatoms. The van der Waals surface area contributed by atoms with Gasteiger partial charge in [-0.05, 0) is 29.8 Å². The van der Waals surface area contributed by atoms with Crippen molar-refractivity contribution >= 4 is 58.5 Å². The average Bonchev–Trinajstić information content (AvgIpc) is 2.53. The molecule has 0 aliphatic heterocycles. The molecule has 2 amide bonds. The number of hydrogen-bond acceptors (Lipinski definition) is 3. The summed E-state index contributed by atoms with van der Waals surface area (Å²) < 4.78 is 0. The zero-order valence-electron chi connectivity index (χ0n) is 11.5. The Morgan fingerprint density at radius 1 is 0.957 bits per heavy atom. The molecule has 0 aromatic heterocycles. The summed E-state index contributed by atoms with van der Waals surface area (Å²) in [7, 11) is 0. The fourth-order valence-electron chi connectivity index (χ4n) is 1.54. The summed E-state index contributed by atoms with van der Waals surface area (Å²) in [4.78, 5) is 23.4. The van der Waals surface area contributed by atoms with E-state index in [1.165, 1.54) is 12.3 Å². The molecule has 23 heavy (non-hydrogen) atoms. The number of nitrogens with one attached hydrogen (secondary N) is 2. The van der Waals surface area contributed by atoms with E-state index in [0.717, 1.165) is 0 Å². The van der Waals surface area contributed by atoms with Crippen LogP contribution in [0.5, 0.6) is 0 Å². The van der Waals surface area contributed by atoms with E-state index in [4.69, 9.17) is 34.8 Å². The van der Waals surface area contributed by atoms with Gasteiger partial charge in [-0.2, -0.15) is 5.10 Å².